The van der Waals surface area contributed by atoms with Gasteiger partial charge >= 0.3 is 6.03 Å². The first-order chi connectivity index (χ1) is 24.7. The van der Waals surface area contributed by atoms with Gasteiger partial charge in [0.25, 0.3) is 10.1 Å². The van der Waals surface area contributed by atoms with Crippen molar-refractivity contribution in [3.63, 3.8) is 0 Å². The number of amides is 2. The van der Waals surface area contributed by atoms with Crippen molar-refractivity contribution in [1.82, 2.24) is 25.2 Å². The van der Waals surface area contributed by atoms with Crippen LogP contribution in [0.1, 0.15) is 88.6 Å². The Morgan fingerprint density at radius 3 is 2.56 bits per heavy atom. The number of fused-ring (bicyclic) bond motifs is 2. The summed E-state index contributed by atoms with van der Waals surface area (Å²) in [5.74, 6) is 1.85. The predicted molar refractivity (Wildman–Crippen MR) is 202 cm³/mol. The van der Waals surface area contributed by atoms with E-state index in [2.05, 4.69) is 38.0 Å². The molecule has 1 aliphatic heterocycles. The Bertz CT molecular complexity index is 2070. The van der Waals surface area contributed by atoms with Crippen LogP contribution < -0.4 is 25.6 Å². The summed E-state index contributed by atoms with van der Waals surface area (Å²) in [5, 5.41) is 26.8. The van der Waals surface area contributed by atoms with Crippen molar-refractivity contribution in [2.24, 2.45) is 5.41 Å². The Balaban J connectivity index is 1.16. The number of hydrogen-bond acceptors (Lipinski definition) is 10. The minimum absolute atomic E-state index is 0.126. The number of nitrogens with zero attached hydrogens (tertiary/aromatic N) is 4. The van der Waals surface area contributed by atoms with E-state index in [9.17, 15) is 13.2 Å². The monoisotopic (exact) mass is 728 g/mol. The van der Waals surface area contributed by atoms with E-state index in [4.69, 9.17) is 14.3 Å². The molecular weight excluding hydrogens is 681 g/mol. The second-order valence-corrected chi connectivity index (χ2v) is 16.3. The van der Waals surface area contributed by atoms with Crippen LogP contribution in [0.3, 0.4) is 0 Å². The molecular formula is C38H48N8O5S. The highest BCUT2D eigenvalue weighted by molar-refractivity contribution is 7.85. The normalized spacial score (nSPS) is 19.5. The summed E-state index contributed by atoms with van der Waals surface area (Å²) in [4.78, 5) is 15.9. The minimum atomic E-state index is -3.61. The van der Waals surface area contributed by atoms with E-state index >= 15 is 0 Å². The van der Waals surface area contributed by atoms with Crippen LogP contribution in [0.15, 0.2) is 78.8 Å². The highest BCUT2D eigenvalue weighted by Gasteiger charge is 2.30. The number of aromatic nitrogens is 3. The average Bonchev–Trinajstić information content (AvgIpc) is 3.51. The third-order valence-electron chi connectivity index (χ3n) is 9.43. The number of ether oxygens (including phenoxy) is 1. The maximum Gasteiger partial charge on any atom is 0.320 e. The Morgan fingerprint density at radius 2 is 1.81 bits per heavy atom. The van der Waals surface area contributed by atoms with Crippen molar-refractivity contribution >= 4 is 39.1 Å². The van der Waals surface area contributed by atoms with Crippen LogP contribution in [0.25, 0.3) is 5.65 Å². The first kappa shape index (κ1) is 36.8. The summed E-state index contributed by atoms with van der Waals surface area (Å²) >= 11 is 0. The molecule has 276 valence electrons. The second kappa shape index (κ2) is 15.3. The summed E-state index contributed by atoms with van der Waals surface area (Å²) < 4.78 is 36.6. The lowest BCUT2D eigenvalue weighted by Gasteiger charge is -2.33. The molecule has 13 nitrogen and oxygen atoms in total. The van der Waals surface area contributed by atoms with Gasteiger partial charge < -0.3 is 25.7 Å². The van der Waals surface area contributed by atoms with Crippen LogP contribution in [0.5, 0.6) is 5.75 Å². The van der Waals surface area contributed by atoms with E-state index in [1.165, 1.54) is 6.42 Å². The highest BCUT2D eigenvalue weighted by atomic mass is 32.2. The zero-order valence-corrected chi connectivity index (χ0v) is 31.2. The summed E-state index contributed by atoms with van der Waals surface area (Å²) in [6, 6.07) is 18.6. The number of hydrogen-bond donors (Lipinski definition) is 4. The summed E-state index contributed by atoms with van der Waals surface area (Å²) in [6.07, 6.45) is 9.15. The van der Waals surface area contributed by atoms with Gasteiger partial charge in [-0.1, -0.05) is 57.2 Å². The van der Waals surface area contributed by atoms with E-state index in [0.717, 1.165) is 54.1 Å². The van der Waals surface area contributed by atoms with Crippen molar-refractivity contribution in [2.75, 3.05) is 23.0 Å². The molecule has 0 radical (unpaired) electrons. The van der Waals surface area contributed by atoms with Crippen LogP contribution in [-0.4, -0.2) is 53.6 Å². The molecule has 0 spiro atoms. The molecule has 14 heteroatoms. The van der Waals surface area contributed by atoms with E-state index in [0.29, 0.717) is 41.7 Å². The van der Waals surface area contributed by atoms with Gasteiger partial charge in [0.05, 0.1) is 25.1 Å². The molecule has 3 heterocycles. The fourth-order valence-corrected chi connectivity index (χ4v) is 6.91. The Labute approximate surface area is 305 Å². The van der Waals surface area contributed by atoms with Crippen LogP contribution in [0.2, 0.25) is 0 Å². The number of pyridine rings is 1. The second-order valence-electron chi connectivity index (χ2n) is 14.6. The van der Waals surface area contributed by atoms with Crippen LogP contribution in [-0.2, 0) is 20.9 Å². The van der Waals surface area contributed by atoms with Crippen LogP contribution >= 0.6 is 0 Å². The van der Waals surface area contributed by atoms with Crippen molar-refractivity contribution < 1.29 is 22.1 Å². The van der Waals surface area contributed by atoms with E-state index < -0.39 is 21.6 Å². The molecule has 52 heavy (non-hydrogen) atoms. The van der Waals surface area contributed by atoms with Crippen LogP contribution in [0.4, 0.5) is 16.4 Å². The van der Waals surface area contributed by atoms with Gasteiger partial charge in [-0.15, -0.1) is 10.2 Å². The molecule has 4 aromatic rings. The number of allylic oxidation sites excluding steroid dienone is 1. The smallest absolute Gasteiger partial charge is 0.320 e. The van der Waals surface area contributed by atoms with Gasteiger partial charge in [0.1, 0.15) is 17.7 Å². The minimum Gasteiger partial charge on any atom is -0.484 e. The third kappa shape index (κ3) is 9.09. The quantitative estimate of drug-likeness (QED) is 0.0955. The summed E-state index contributed by atoms with van der Waals surface area (Å²) in [6.45, 7) is 8.82. The molecule has 2 aromatic heterocycles. The molecule has 1 aliphatic carbocycles. The maximum absolute atomic E-state index is 13.6. The zero-order chi connectivity index (χ0) is 37.0. The van der Waals surface area contributed by atoms with Crippen molar-refractivity contribution in [3.8, 4) is 5.75 Å². The predicted octanol–water partition coefficient (Wildman–Crippen LogP) is 6.86. The molecule has 4 N–H and O–H groups in total. The molecule has 2 aliphatic rings. The molecule has 0 bridgehead atoms. The average molecular weight is 729 g/mol. The molecule has 6 rings (SSSR count). The molecule has 3 atom stereocenters. The summed E-state index contributed by atoms with van der Waals surface area (Å²) in [5.41, 5.74) is 3.80. The third-order valence-corrected chi connectivity index (χ3v) is 9.97. The lowest BCUT2D eigenvalue weighted by Crippen LogP contribution is -2.41. The number of urea groups is 1. The van der Waals surface area contributed by atoms with Gasteiger partial charge in [-0.05, 0) is 80.0 Å². The van der Waals surface area contributed by atoms with E-state index in [1.54, 1.807) is 30.3 Å². The van der Waals surface area contributed by atoms with Crippen molar-refractivity contribution in [1.29, 1.82) is 5.41 Å². The Morgan fingerprint density at radius 1 is 1.02 bits per heavy atom. The highest BCUT2D eigenvalue weighted by Crippen LogP contribution is 2.39. The SMILES string of the molecule is C[C@H]1CCCCN1c1nnc2ccc(O[C@@H]3CC[C@H](NC(=O)N/C(=C/C(=N)C(C)(C)C)Nc4cccc(COS(C)(=O)=O)c4)c4ccccc43)cn12. The van der Waals surface area contributed by atoms with Crippen molar-refractivity contribution in [2.45, 2.75) is 84.6 Å². The number of piperidine rings is 1. The van der Waals surface area contributed by atoms with Crippen molar-refractivity contribution in [3.05, 3.63) is 95.4 Å². The van der Waals surface area contributed by atoms with E-state index in [1.807, 2.05) is 67.8 Å². The van der Waals surface area contributed by atoms with Gasteiger partial charge in [-0.2, -0.15) is 8.42 Å². The number of carbonyl (C=O) groups excluding carboxylic acids is 1. The van der Waals surface area contributed by atoms with Gasteiger partial charge in [0, 0.05) is 35.5 Å². The van der Waals surface area contributed by atoms with Gasteiger partial charge in [0.2, 0.25) is 5.95 Å². The largest absolute Gasteiger partial charge is 0.484 e. The number of rotatable bonds is 11. The number of nitrogens with one attached hydrogen (secondary N) is 4. The maximum atomic E-state index is 13.6. The first-order valence-corrected chi connectivity index (χ1v) is 19.5. The lowest BCUT2D eigenvalue weighted by molar-refractivity contribution is 0.171. The number of benzene rings is 2. The Kier molecular flexibility index (Phi) is 10.9. The van der Waals surface area contributed by atoms with Gasteiger partial charge in [-0.3, -0.25) is 13.9 Å². The fourth-order valence-electron chi connectivity index (χ4n) is 6.56. The molecule has 0 saturated carbocycles. The molecule has 2 aromatic carbocycles. The summed E-state index contributed by atoms with van der Waals surface area (Å²) in [7, 11) is -3.61. The van der Waals surface area contributed by atoms with E-state index in [-0.39, 0.29) is 18.8 Å². The Hall–Kier alpha value is -4.95. The topological polar surface area (TPSA) is 163 Å². The number of carbonyl (C=O) groups is 1. The molecule has 0 unspecified atom stereocenters. The molecule has 1 fully saturated rings. The standard InChI is InChI=1S/C38H48N8O5S/c1-25-11-8-9-20-45(25)37-44-43-35-19-16-28(23-46(35)37)51-32-18-17-31(29-14-6-7-15-30(29)32)41-36(47)42-34(22-33(39)38(2,3)4)40-27-13-10-12-26(21-27)24-50-52(5,48)49/h6-7,10,12-16,19,21-23,25,31-32,39-40H,8-9,11,17-18,20,24H2,1-5H3,(H2,41,42,47)/b34-22+,39-33?/t25-,31-,32+/m0/s1. The van der Waals surface area contributed by atoms with Gasteiger partial charge in [0.15, 0.2) is 5.65 Å². The first-order valence-electron chi connectivity index (χ1n) is 17.7. The van der Waals surface area contributed by atoms with Gasteiger partial charge in [-0.25, -0.2) is 4.79 Å². The zero-order valence-electron chi connectivity index (χ0n) is 30.3. The van der Waals surface area contributed by atoms with Crippen LogP contribution in [0, 0.1) is 10.8 Å². The molecule has 1 saturated heterocycles. The fraction of sp³-hybridized carbons (Fsp3) is 0.421. The number of anilines is 2. The molecule has 2 amide bonds. The lowest BCUT2D eigenvalue weighted by atomic mass is 9.85.